The van der Waals surface area contributed by atoms with E-state index >= 15 is 0 Å². The lowest BCUT2D eigenvalue weighted by atomic mass is 10.3. The van der Waals surface area contributed by atoms with Gasteiger partial charge in [-0.25, -0.2) is 0 Å². The van der Waals surface area contributed by atoms with Gasteiger partial charge < -0.3 is 14.8 Å². The van der Waals surface area contributed by atoms with Crippen molar-refractivity contribution in [2.75, 3.05) is 51.0 Å². The SMILES string of the molecule is COc1ccc(Nc2nnc(SCCN3CCOCC3)s2)cc1. The highest BCUT2D eigenvalue weighted by atomic mass is 32.2. The molecular formula is C15H20N4O2S2. The molecule has 1 aromatic heterocycles. The fraction of sp³-hybridized carbons (Fsp3) is 0.467. The Morgan fingerprint density at radius 2 is 2.04 bits per heavy atom. The van der Waals surface area contributed by atoms with Crippen LogP contribution in [0.1, 0.15) is 0 Å². The Hall–Kier alpha value is -1.35. The molecule has 0 saturated carbocycles. The Bertz CT molecular complexity index is 600. The summed E-state index contributed by atoms with van der Waals surface area (Å²) in [5.74, 6) is 1.86. The summed E-state index contributed by atoms with van der Waals surface area (Å²) in [7, 11) is 1.66. The zero-order valence-corrected chi connectivity index (χ0v) is 14.7. The van der Waals surface area contributed by atoms with Crippen molar-refractivity contribution in [1.29, 1.82) is 0 Å². The summed E-state index contributed by atoms with van der Waals surface area (Å²) in [6.07, 6.45) is 0. The number of hydrogen-bond acceptors (Lipinski definition) is 8. The molecule has 1 aliphatic heterocycles. The molecule has 2 heterocycles. The standard InChI is InChI=1S/C15H20N4O2S2/c1-20-13-4-2-12(3-5-13)16-14-17-18-15(23-14)22-11-8-19-6-9-21-10-7-19/h2-5H,6-11H2,1H3,(H,16,17). The Morgan fingerprint density at radius 3 is 2.78 bits per heavy atom. The highest BCUT2D eigenvalue weighted by Crippen LogP contribution is 2.28. The van der Waals surface area contributed by atoms with Crippen LogP contribution in [0.15, 0.2) is 28.6 Å². The number of methoxy groups -OCH3 is 1. The van der Waals surface area contributed by atoms with Crippen LogP contribution in [-0.4, -0.2) is 60.8 Å². The van der Waals surface area contributed by atoms with Gasteiger partial charge in [-0.1, -0.05) is 23.1 Å². The van der Waals surface area contributed by atoms with Crippen molar-refractivity contribution in [2.24, 2.45) is 0 Å². The molecule has 6 nitrogen and oxygen atoms in total. The third kappa shape index (κ3) is 5.07. The first-order valence-corrected chi connectivity index (χ1v) is 9.31. The maximum atomic E-state index is 5.35. The van der Waals surface area contributed by atoms with E-state index in [1.165, 1.54) is 0 Å². The molecule has 1 aromatic carbocycles. The third-order valence-electron chi connectivity index (χ3n) is 3.48. The number of anilines is 2. The zero-order valence-electron chi connectivity index (χ0n) is 13.0. The molecule has 0 aliphatic carbocycles. The van der Waals surface area contributed by atoms with E-state index in [9.17, 15) is 0 Å². The molecule has 1 saturated heterocycles. The lowest BCUT2D eigenvalue weighted by Gasteiger charge is -2.25. The molecule has 0 amide bonds. The fourth-order valence-electron chi connectivity index (χ4n) is 2.20. The zero-order chi connectivity index (χ0) is 15.9. The van der Waals surface area contributed by atoms with Crippen molar-refractivity contribution in [1.82, 2.24) is 15.1 Å². The molecule has 0 atom stereocenters. The molecule has 124 valence electrons. The van der Waals surface area contributed by atoms with Crippen molar-refractivity contribution in [2.45, 2.75) is 4.34 Å². The lowest BCUT2D eigenvalue weighted by molar-refractivity contribution is 0.0410. The minimum absolute atomic E-state index is 0.809. The Balaban J connectivity index is 1.45. The molecule has 0 bridgehead atoms. The van der Waals surface area contributed by atoms with Crippen molar-refractivity contribution < 1.29 is 9.47 Å². The predicted octanol–water partition coefficient (Wildman–Crippen LogP) is 2.71. The average Bonchev–Trinajstić information content (AvgIpc) is 3.04. The Kier molecular flexibility index (Phi) is 6.09. The summed E-state index contributed by atoms with van der Waals surface area (Å²) in [4.78, 5) is 2.42. The summed E-state index contributed by atoms with van der Waals surface area (Å²) in [6, 6.07) is 7.76. The van der Waals surface area contributed by atoms with E-state index in [4.69, 9.17) is 9.47 Å². The largest absolute Gasteiger partial charge is 0.497 e. The van der Waals surface area contributed by atoms with Gasteiger partial charge in [-0.3, -0.25) is 4.90 Å². The van der Waals surface area contributed by atoms with Gasteiger partial charge in [0, 0.05) is 31.1 Å². The lowest BCUT2D eigenvalue weighted by Crippen LogP contribution is -2.37. The maximum absolute atomic E-state index is 5.35. The number of rotatable bonds is 7. The first-order valence-electron chi connectivity index (χ1n) is 7.51. The van der Waals surface area contributed by atoms with Crippen LogP contribution in [0, 0.1) is 0 Å². The van der Waals surface area contributed by atoms with E-state index in [0.29, 0.717) is 0 Å². The third-order valence-corrected chi connectivity index (χ3v) is 5.44. The minimum Gasteiger partial charge on any atom is -0.497 e. The van der Waals surface area contributed by atoms with E-state index in [2.05, 4.69) is 20.4 Å². The first-order chi connectivity index (χ1) is 11.3. The van der Waals surface area contributed by atoms with Gasteiger partial charge in [-0.05, 0) is 24.3 Å². The number of thioether (sulfide) groups is 1. The van der Waals surface area contributed by atoms with E-state index < -0.39 is 0 Å². The monoisotopic (exact) mass is 352 g/mol. The number of aromatic nitrogens is 2. The van der Waals surface area contributed by atoms with Gasteiger partial charge in [-0.15, -0.1) is 10.2 Å². The number of ether oxygens (including phenoxy) is 2. The molecule has 1 aliphatic rings. The number of hydrogen-bond donors (Lipinski definition) is 1. The van der Waals surface area contributed by atoms with Gasteiger partial charge in [0.1, 0.15) is 5.75 Å². The molecule has 0 spiro atoms. The van der Waals surface area contributed by atoms with Gasteiger partial charge in [0.15, 0.2) is 4.34 Å². The second-order valence-corrected chi connectivity index (χ2v) is 7.35. The smallest absolute Gasteiger partial charge is 0.210 e. The minimum atomic E-state index is 0.809. The van der Waals surface area contributed by atoms with Crippen LogP contribution in [0.2, 0.25) is 0 Å². The van der Waals surface area contributed by atoms with Crippen molar-refractivity contribution in [3.05, 3.63) is 24.3 Å². The maximum Gasteiger partial charge on any atom is 0.210 e. The summed E-state index contributed by atoms with van der Waals surface area (Å²) >= 11 is 3.33. The van der Waals surface area contributed by atoms with E-state index in [0.717, 1.165) is 59.5 Å². The first kappa shape index (κ1) is 16.5. The molecule has 8 heteroatoms. The van der Waals surface area contributed by atoms with Crippen molar-refractivity contribution in [3.8, 4) is 5.75 Å². The van der Waals surface area contributed by atoms with Crippen LogP contribution in [-0.2, 0) is 4.74 Å². The van der Waals surface area contributed by atoms with Crippen LogP contribution in [0.5, 0.6) is 5.75 Å². The topological polar surface area (TPSA) is 59.5 Å². The van der Waals surface area contributed by atoms with E-state index in [1.54, 1.807) is 30.2 Å². The van der Waals surface area contributed by atoms with Gasteiger partial charge in [0.05, 0.1) is 20.3 Å². The average molecular weight is 352 g/mol. The fourth-order valence-corrected chi connectivity index (χ4v) is 4.05. The Morgan fingerprint density at radius 1 is 1.26 bits per heavy atom. The van der Waals surface area contributed by atoms with E-state index in [-0.39, 0.29) is 0 Å². The van der Waals surface area contributed by atoms with Gasteiger partial charge in [0.2, 0.25) is 5.13 Å². The molecular weight excluding hydrogens is 332 g/mol. The summed E-state index contributed by atoms with van der Waals surface area (Å²) in [5.41, 5.74) is 0.979. The van der Waals surface area contributed by atoms with Crippen LogP contribution in [0.25, 0.3) is 0 Å². The van der Waals surface area contributed by atoms with Gasteiger partial charge in [0.25, 0.3) is 0 Å². The molecule has 1 fully saturated rings. The summed E-state index contributed by atoms with van der Waals surface area (Å²) in [5, 5.41) is 12.5. The summed E-state index contributed by atoms with van der Waals surface area (Å²) < 4.78 is 11.5. The normalized spacial score (nSPS) is 15.5. The predicted molar refractivity (Wildman–Crippen MR) is 94.2 cm³/mol. The highest BCUT2D eigenvalue weighted by Gasteiger charge is 2.11. The molecule has 2 aromatic rings. The number of morpholine rings is 1. The molecule has 1 N–H and O–H groups in total. The van der Waals surface area contributed by atoms with Crippen LogP contribution < -0.4 is 10.1 Å². The molecule has 3 rings (SSSR count). The van der Waals surface area contributed by atoms with E-state index in [1.807, 2.05) is 24.3 Å². The second-order valence-electron chi connectivity index (χ2n) is 5.03. The second kappa shape index (κ2) is 8.49. The van der Waals surface area contributed by atoms with Gasteiger partial charge in [-0.2, -0.15) is 0 Å². The van der Waals surface area contributed by atoms with Crippen LogP contribution in [0.3, 0.4) is 0 Å². The number of nitrogens with zero attached hydrogens (tertiary/aromatic N) is 3. The summed E-state index contributed by atoms with van der Waals surface area (Å²) in [6.45, 7) is 4.82. The van der Waals surface area contributed by atoms with Crippen molar-refractivity contribution in [3.63, 3.8) is 0 Å². The Labute approximate surface area is 144 Å². The highest BCUT2D eigenvalue weighted by molar-refractivity contribution is 8.01. The molecule has 0 radical (unpaired) electrons. The molecule has 0 unspecified atom stereocenters. The quantitative estimate of drug-likeness (QED) is 0.769. The van der Waals surface area contributed by atoms with Crippen molar-refractivity contribution >= 4 is 33.9 Å². The molecule has 23 heavy (non-hydrogen) atoms. The number of benzene rings is 1. The van der Waals surface area contributed by atoms with Gasteiger partial charge >= 0.3 is 0 Å². The number of nitrogens with one attached hydrogen (secondary N) is 1. The van der Waals surface area contributed by atoms with Crippen LogP contribution in [0.4, 0.5) is 10.8 Å². The van der Waals surface area contributed by atoms with Crippen LogP contribution >= 0.6 is 23.1 Å².